The van der Waals surface area contributed by atoms with Crippen LogP contribution in [-0.4, -0.2) is 17.2 Å². The summed E-state index contributed by atoms with van der Waals surface area (Å²) in [7, 11) is 0. The maximum Gasteiger partial charge on any atom is 0.141 e. The van der Waals surface area contributed by atoms with Crippen LogP contribution < -0.4 is 5.32 Å². The van der Waals surface area contributed by atoms with Crippen molar-refractivity contribution < 1.29 is 9.50 Å². The van der Waals surface area contributed by atoms with Crippen molar-refractivity contribution in [2.75, 3.05) is 6.54 Å². The van der Waals surface area contributed by atoms with E-state index in [0.29, 0.717) is 12.1 Å². The van der Waals surface area contributed by atoms with Gasteiger partial charge in [-0.2, -0.15) is 0 Å². The Morgan fingerprint density at radius 2 is 2.06 bits per heavy atom. The van der Waals surface area contributed by atoms with E-state index < -0.39 is 11.9 Å². The normalized spacial score (nSPS) is 13.9. The summed E-state index contributed by atoms with van der Waals surface area (Å²) >= 11 is 5.64. The van der Waals surface area contributed by atoms with Crippen molar-refractivity contribution in [3.8, 4) is 0 Å². The zero-order chi connectivity index (χ0) is 12.3. The summed E-state index contributed by atoms with van der Waals surface area (Å²) in [6.45, 7) is 6.44. The lowest BCUT2D eigenvalue weighted by Crippen LogP contribution is -2.38. The van der Waals surface area contributed by atoms with Gasteiger partial charge in [-0.15, -0.1) is 0 Å². The molecule has 1 atom stereocenters. The van der Waals surface area contributed by atoms with Crippen molar-refractivity contribution in [2.45, 2.75) is 32.4 Å². The molecule has 90 valence electrons. The molecule has 0 bridgehead atoms. The molecule has 2 nitrogen and oxygen atoms in total. The van der Waals surface area contributed by atoms with Crippen molar-refractivity contribution in [1.82, 2.24) is 5.32 Å². The summed E-state index contributed by atoms with van der Waals surface area (Å²) in [4.78, 5) is 0. The highest BCUT2D eigenvalue weighted by Crippen LogP contribution is 2.20. The monoisotopic (exact) mass is 245 g/mol. The highest BCUT2D eigenvalue weighted by molar-refractivity contribution is 6.30. The van der Waals surface area contributed by atoms with Crippen LogP contribution in [0.2, 0.25) is 5.02 Å². The smallest absolute Gasteiger partial charge is 0.141 e. The minimum atomic E-state index is -0.683. The summed E-state index contributed by atoms with van der Waals surface area (Å²) in [5.41, 5.74) is 0.549. The Morgan fingerprint density at radius 1 is 1.44 bits per heavy atom. The zero-order valence-electron chi connectivity index (χ0n) is 9.72. The van der Waals surface area contributed by atoms with Crippen LogP contribution in [0.5, 0.6) is 0 Å². The van der Waals surface area contributed by atoms with Gasteiger partial charge in [0.2, 0.25) is 0 Å². The van der Waals surface area contributed by atoms with Crippen LogP contribution in [0.1, 0.15) is 32.4 Å². The summed E-state index contributed by atoms with van der Waals surface area (Å²) in [5, 5.41) is 13.1. The van der Waals surface area contributed by atoms with Crippen LogP contribution in [0.25, 0.3) is 0 Å². The van der Waals surface area contributed by atoms with Gasteiger partial charge in [-0.1, -0.05) is 17.7 Å². The summed E-state index contributed by atoms with van der Waals surface area (Å²) < 4.78 is 12.9. The van der Waals surface area contributed by atoms with Crippen molar-refractivity contribution in [2.24, 2.45) is 0 Å². The Hall–Kier alpha value is -0.640. The number of benzene rings is 1. The molecule has 0 aliphatic carbocycles. The van der Waals surface area contributed by atoms with E-state index >= 15 is 0 Å². The fourth-order valence-corrected chi connectivity index (χ4v) is 1.43. The van der Waals surface area contributed by atoms with E-state index in [1.54, 1.807) is 0 Å². The molecule has 4 heteroatoms. The average Bonchev–Trinajstić information content (AvgIpc) is 2.17. The lowest BCUT2D eigenvalue weighted by atomic mass is 10.1. The molecule has 0 fully saturated rings. The van der Waals surface area contributed by atoms with Gasteiger partial charge < -0.3 is 10.4 Å². The van der Waals surface area contributed by atoms with E-state index in [1.807, 2.05) is 20.8 Å². The fraction of sp³-hybridized carbons (Fsp3) is 0.500. The Bertz CT molecular complexity index is 363. The molecule has 1 unspecified atom stereocenters. The van der Waals surface area contributed by atoms with E-state index in [1.165, 1.54) is 18.2 Å². The number of hydrogen-bond donors (Lipinski definition) is 2. The van der Waals surface area contributed by atoms with Gasteiger partial charge in [0.05, 0.1) is 11.1 Å². The Balaban J connectivity index is 2.66. The van der Waals surface area contributed by atoms with Gasteiger partial charge >= 0.3 is 0 Å². The maximum atomic E-state index is 12.9. The summed E-state index contributed by atoms with van der Waals surface area (Å²) in [6, 6.07) is 4.25. The van der Waals surface area contributed by atoms with Crippen LogP contribution in [0.15, 0.2) is 18.2 Å². The van der Waals surface area contributed by atoms with Crippen LogP contribution in [0.4, 0.5) is 4.39 Å². The summed E-state index contributed by atoms with van der Waals surface area (Å²) in [6.07, 6.45) is -0.683. The minimum absolute atomic E-state index is 0.0345. The van der Waals surface area contributed by atoms with E-state index in [4.69, 9.17) is 11.6 Å². The standard InChI is InChI=1S/C12H17ClFNO/c1-12(2,3)15-7-11(16)8-4-5-10(14)9(13)6-8/h4-6,11,15-16H,7H2,1-3H3. The molecule has 0 saturated carbocycles. The number of aliphatic hydroxyl groups is 1. The third-order valence-corrected chi connectivity index (χ3v) is 2.44. The van der Waals surface area contributed by atoms with Crippen LogP contribution >= 0.6 is 11.6 Å². The van der Waals surface area contributed by atoms with Crippen molar-refractivity contribution in [3.05, 3.63) is 34.6 Å². The topological polar surface area (TPSA) is 32.3 Å². The second kappa shape index (κ2) is 5.13. The van der Waals surface area contributed by atoms with Gasteiger partial charge in [0.15, 0.2) is 0 Å². The second-order valence-corrected chi connectivity index (χ2v) is 5.23. The largest absolute Gasteiger partial charge is 0.387 e. The quantitative estimate of drug-likeness (QED) is 0.858. The fourth-order valence-electron chi connectivity index (χ4n) is 1.24. The van der Waals surface area contributed by atoms with E-state index in [2.05, 4.69) is 5.32 Å². The molecule has 0 aliphatic rings. The minimum Gasteiger partial charge on any atom is -0.387 e. The number of aliphatic hydroxyl groups excluding tert-OH is 1. The molecule has 0 aromatic heterocycles. The SMILES string of the molecule is CC(C)(C)NCC(O)c1ccc(F)c(Cl)c1. The molecule has 0 spiro atoms. The van der Waals surface area contributed by atoms with Gasteiger partial charge in [0, 0.05) is 12.1 Å². The van der Waals surface area contributed by atoms with Crippen LogP contribution in [0.3, 0.4) is 0 Å². The Morgan fingerprint density at radius 3 is 2.56 bits per heavy atom. The van der Waals surface area contributed by atoms with Crippen molar-refractivity contribution in [3.63, 3.8) is 0 Å². The molecule has 0 radical (unpaired) electrons. The highest BCUT2D eigenvalue weighted by Gasteiger charge is 2.14. The van der Waals surface area contributed by atoms with Gasteiger partial charge in [-0.05, 0) is 38.5 Å². The molecule has 2 N–H and O–H groups in total. The molecule has 16 heavy (non-hydrogen) atoms. The van der Waals surface area contributed by atoms with E-state index in [0.717, 1.165) is 0 Å². The molecule has 0 amide bonds. The van der Waals surface area contributed by atoms with Gasteiger partial charge in [0.25, 0.3) is 0 Å². The maximum absolute atomic E-state index is 12.9. The van der Waals surface area contributed by atoms with E-state index in [9.17, 15) is 9.50 Å². The van der Waals surface area contributed by atoms with Crippen molar-refractivity contribution >= 4 is 11.6 Å². The first-order valence-electron chi connectivity index (χ1n) is 5.17. The number of rotatable bonds is 3. The third kappa shape index (κ3) is 4.08. The molecule has 0 saturated heterocycles. The highest BCUT2D eigenvalue weighted by atomic mass is 35.5. The number of β-amino-alcohol motifs (C(OH)–C–C–N with tert-alkyl or cyclic N) is 1. The number of halogens is 2. The molecule has 1 aromatic carbocycles. The van der Waals surface area contributed by atoms with Gasteiger partial charge in [0.1, 0.15) is 5.82 Å². The first kappa shape index (κ1) is 13.4. The predicted octanol–water partition coefficient (Wildman–Crippen LogP) is 2.90. The second-order valence-electron chi connectivity index (χ2n) is 4.82. The number of nitrogens with one attached hydrogen (secondary N) is 1. The first-order valence-corrected chi connectivity index (χ1v) is 5.55. The Labute approximate surface area is 100 Å². The molecular formula is C12H17ClFNO. The Kier molecular flexibility index (Phi) is 4.30. The van der Waals surface area contributed by atoms with Gasteiger partial charge in [-0.3, -0.25) is 0 Å². The molecule has 1 rings (SSSR count). The molecule has 0 aliphatic heterocycles. The van der Waals surface area contributed by atoms with E-state index in [-0.39, 0.29) is 10.6 Å². The number of hydrogen-bond acceptors (Lipinski definition) is 2. The lowest BCUT2D eigenvalue weighted by Gasteiger charge is -2.23. The molecule has 0 heterocycles. The lowest BCUT2D eigenvalue weighted by molar-refractivity contribution is 0.163. The van der Waals surface area contributed by atoms with Crippen LogP contribution in [-0.2, 0) is 0 Å². The van der Waals surface area contributed by atoms with Crippen molar-refractivity contribution in [1.29, 1.82) is 0 Å². The molecular weight excluding hydrogens is 229 g/mol. The molecule has 1 aromatic rings. The summed E-state index contributed by atoms with van der Waals surface area (Å²) in [5.74, 6) is -0.471. The average molecular weight is 246 g/mol. The predicted molar refractivity (Wildman–Crippen MR) is 64.1 cm³/mol. The van der Waals surface area contributed by atoms with Gasteiger partial charge in [-0.25, -0.2) is 4.39 Å². The van der Waals surface area contributed by atoms with Crippen LogP contribution in [0, 0.1) is 5.82 Å². The first-order chi connectivity index (χ1) is 7.29. The zero-order valence-corrected chi connectivity index (χ0v) is 10.5. The third-order valence-electron chi connectivity index (χ3n) is 2.15.